The molecule has 1 aliphatic carbocycles. The zero-order valence-corrected chi connectivity index (χ0v) is 10.5. The van der Waals surface area contributed by atoms with Gasteiger partial charge in [-0.05, 0) is 25.3 Å². The Morgan fingerprint density at radius 1 is 1.56 bits per heavy atom. The first kappa shape index (κ1) is 12.6. The second kappa shape index (κ2) is 5.20. The van der Waals surface area contributed by atoms with Crippen LogP contribution in [0.4, 0.5) is 17.3 Å². The van der Waals surface area contributed by atoms with E-state index in [0.717, 1.165) is 25.2 Å². The molecule has 1 aromatic heterocycles. The summed E-state index contributed by atoms with van der Waals surface area (Å²) in [6, 6.07) is 3.67. The Labute approximate surface area is 106 Å². The molecule has 0 aliphatic heterocycles. The number of aromatic nitrogens is 1. The van der Waals surface area contributed by atoms with Gasteiger partial charge in [0.05, 0.1) is 4.92 Å². The number of unbranched alkanes of at least 4 members (excludes halogenated alkanes) is 1. The molecule has 1 fully saturated rings. The van der Waals surface area contributed by atoms with Crippen molar-refractivity contribution < 1.29 is 4.92 Å². The molecule has 0 unspecified atom stereocenters. The second-order valence-corrected chi connectivity index (χ2v) is 4.61. The minimum absolute atomic E-state index is 0.000325. The number of pyridine rings is 1. The standard InChI is InChI=1S/C12H18N4O2/c1-2-3-8-15(9-4-5-9)11-7-6-10(16(17)18)12(13)14-11/h6-7,9H,2-5,8H2,1H3,(H2,13,14). The van der Waals surface area contributed by atoms with E-state index in [0.29, 0.717) is 6.04 Å². The van der Waals surface area contributed by atoms with Crippen molar-refractivity contribution in [2.24, 2.45) is 0 Å². The summed E-state index contributed by atoms with van der Waals surface area (Å²) in [6.07, 6.45) is 4.55. The summed E-state index contributed by atoms with van der Waals surface area (Å²) in [5, 5.41) is 10.7. The van der Waals surface area contributed by atoms with Crippen LogP contribution in [0.25, 0.3) is 0 Å². The number of hydrogen-bond donors (Lipinski definition) is 1. The molecule has 0 amide bonds. The van der Waals surface area contributed by atoms with Gasteiger partial charge in [0, 0.05) is 18.7 Å². The topological polar surface area (TPSA) is 85.3 Å². The highest BCUT2D eigenvalue weighted by molar-refractivity contribution is 5.58. The lowest BCUT2D eigenvalue weighted by Gasteiger charge is -2.23. The Kier molecular flexibility index (Phi) is 3.64. The fourth-order valence-corrected chi connectivity index (χ4v) is 1.97. The van der Waals surface area contributed by atoms with Crippen LogP contribution in [-0.2, 0) is 0 Å². The highest BCUT2D eigenvalue weighted by atomic mass is 16.6. The Bertz CT molecular complexity index is 446. The van der Waals surface area contributed by atoms with Gasteiger partial charge in [-0.15, -0.1) is 0 Å². The van der Waals surface area contributed by atoms with Crippen LogP contribution in [0.3, 0.4) is 0 Å². The summed E-state index contributed by atoms with van der Waals surface area (Å²) in [6.45, 7) is 3.08. The summed E-state index contributed by atoms with van der Waals surface area (Å²) in [7, 11) is 0. The number of nitrogens with two attached hydrogens (primary N) is 1. The molecule has 1 saturated carbocycles. The van der Waals surface area contributed by atoms with Crippen molar-refractivity contribution >= 4 is 17.3 Å². The van der Waals surface area contributed by atoms with Crippen molar-refractivity contribution in [2.45, 2.75) is 38.6 Å². The van der Waals surface area contributed by atoms with E-state index in [1.54, 1.807) is 6.07 Å². The lowest BCUT2D eigenvalue weighted by Crippen LogP contribution is -2.27. The smallest absolute Gasteiger partial charge is 0.311 e. The van der Waals surface area contributed by atoms with Gasteiger partial charge < -0.3 is 10.6 Å². The minimum atomic E-state index is -0.500. The van der Waals surface area contributed by atoms with Crippen LogP contribution in [0.2, 0.25) is 0 Å². The highest BCUT2D eigenvalue weighted by Crippen LogP contribution is 2.32. The molecule has 2 N–H and O–H groups in total. The van der Waals surface area contributed by atoms with E-state index in [4.69, 9.17) is 5.73 Å². The van der Waals surface area contributed by atoms with Gasteiger partial charge in [-0.2, -0.15) is 0 Å². The molecule has 2 rings (SSSR count). The second-order valence-electron chi connectivity index (χ2n) is 4.61. The van der Waals surface area contributed by atoms with Crippen molar-refractivity contribution in [1.29, 1.82) is 0 Å². The number of hydrogen-bond acceptors (Lipinski definition) is 5. The van der Waals surface area contributed by atoms with Gasteiger partial charge >= 0.3 is 5.69 Å². The van der Waals surface area contributed by atoms with Crippen LogP contribution in [0.1, 0.15) is 32.6 Å². The molecule has 0 bridgehead atoms. The summed E-state index contributed by atoms with van der Waals surface area (Å²) in [5.41, 5.74) is 5.51. The molecular formula is C12H18N4O2. The first-order valence-corrected chi connectivity index (χ1v) is 6.31. The van der Waals surface area contributed by atoms with Crippen LogP contribution >= 0.6 is 0 Å². The number of nitro groups is 1. The molecule has 6 heteroatoms. The van der Waals surface area contributed by atoms with Gasteiger partial charge in [0.15, 0.2) is 0 Å². The number of nitrogens with zero attached hydrogens (tertiary/aromatic N) is 3. The normalized spacial score (nSPS) is 14.5. The molecule has 0 atom stereocenters. The van der Waals surface area contributed by atoms with Gasteiger partial charge in [-0.1, -0.05) is 13.3 Å². The maximum absolute atomic E-state index is 10.7. The molecule has 1 aromatic rings. The lowest BCUT2D eigenvalue weighted by molar-refractivity contribution is -0.384. The van der Waals surface area contributed by atoms with E-state index in [-0.39, 0.29) is 11.5 Å². The van der Waals surface area contributed by atoms with E-state index in [2.05, 4.69) is 16.8 Å². The van der Waals surface area contributed by atoms with Crippen molar-refractivity contribution in [1.82, 2.24) is 4.98 Å². The Hall–Kier alpha value is -1.85. The maximum atomic E-state index is 10.7. The Balaban J connectivity index is 2.19. The van der Waals surface area contributed by atoms with Crippen LogP contribution in [0.15, 0.2) is 12.1 Å². The lowest BCUT2D eigenvalue weighted by atomic mass is 10.3. The summed E-state index contributed by atoms with van der Waals surface area (Å²) < 4.78 is 0. The molecule has 0 radical (unpaired) electrons. The number of rotatable bonds is 6. The fraction of sp³-hybridized carbons (Fsp3) is 0.583. The quantitative estimate of drug-likeness (QED) is 0.618. The third-order valence-electron chi connectivity index (χ3n) is 3.12. The molecule has 0 saturated heterocycles. The SMILES string of the molecule is CCCCN(c1ccc([N+](=O)[O-])c(N)n1)C1CC1. The van der Waals surface area contributed by atoms with Crippen LogP contribution in [0.5, 0.6) is 0 Å². The first-order chi connectivity index (χ1) is 8.63. The van der Waals surface area contributed by atoms with Crippen molar-refractivity contribution in [3.63, 3.8) is 0 Å². The largest absolute Gasteiger partial charge is 0.378 e. The summed E-state index contributed by atoms with van der Waals surface area (Å²) in [5.74, 6) is 0.758. The Morgan fingerprint density at radius 2 is 2.28 bits per heavy atom. The summed E-state index contributed by atoms with van der Waals surface area (Å²) in [4.78, 5) is 16.6. The molecule has 6 nitrogen and oxygen atoms in total. The molecular weight excluding hydrogens is 232 g/mol. The van der Waals surface area contributed by atoms with Crippen LogP contribution in [-0.4, -0.2) is 22.5 Å². The number of nitrogen functional groups attached to an aromatic ring is 1. The predicted octanol–water partition coefficient (Wildman–Crippen LogP) is 2.34. The molecule has 1 heterocycles. The third kappa shape index (κ3) is 2.69. The number of anilines is 2. The Morgan fingerprint density at radius 3 is 2.78 bits per heavy atom. The third-order valence-corrected chi connectivity index (χ3v) is 3.12. The van der Waals surface area contributed by atoms with Gasteiger partial charge in [-0.25, -0.2) is 4.98 Å². The molecule has 98 valence electrons. The zero-order chi connectivity index (χ0) is 13.1. The van der Waals surface area contributed by atoms with Crippen LogP contribution in [0, 0.1) is 10.1 Å². The van der Waals surface area contributed by atoms with Gasteiger partial charge in [-0.3, -0.25) is 10.1 Å². The average molecular weight is 250 g/mol. The van der Waals surface area contributed by atoms with E-state index in [1.165, 1.54) is 18.9 Å². The fourth-order valence-electron chi connectivity index (χ4n) is 1.97. The van der Waals surface area contributed by atoms with Crippen LogP contribution < -0.4 is 10.6 Å². The van der Waals surface area contributed by atoms with E-state index >= 15 is 0 Å². The monoisotopic (exact) mass is 250 g/mol. The molecule has 1 aliphatic rings. The summed E-state index contributed by atoms with van der Waals surface area (Å²) >= 11 is 0. The van der Waals surface area contributed by atoms with E-state index in [1.807, 2.05) is 0 Å². The molecule has 18 heavy (non-hydrogen) atoms. The van der Waals surface area contributed by atoms with Gasteiger partial charge in [0.25, 0.3) is 0 Å². The first-order valence-electron chi connectivity index (χ1n) is 6.31. The van der Waals surface area contributed by atoms with E-state index in [9.17, 15) is 10.1 Å². The zero-order valence-electron chi connectivity index (χ0n) is 10.5. The van der Waals surface area contributed by atoms with E-state index < -0.39 is 4.92 Å². The highest BCUT2D eigenvalue weighted by Gasteiger charge is 2.30. The molecule has 0 spiro atoms. The average Bonchev–Trinajstić information content (AvgIpc) is 3.13. The van der Waals surface area contributed by atoms with Crippen molar-refractivity contribution in [3.05, 3.63) is 22.2 Å². The van der Waals surface area contributed by atoms with Gasteiger partial charge in [0.2, 0.25) is 5.82 Å². The van der Waals surface area contributed by atoms with Crippen molar-refractivity contribution in [2.75, 3.05) is 17.2 Å². The maximum Gasteiger partial charge on any atom is 0.311 e. The van der Waals surface area contributed by atoms with Gasteiger partial charge in [0.1, 0.15) is 5.82 Å². The molecule has 0 aromatic carbocycles. The minimum Gasteiger partial charge on any atom is -0.378 e. The van der Waals surface area contributed by atoms with Crippen molar-refractivity contribution in [3.8, 4) is 0 Å². The predicted molar refractivity (Wildman–Crippen MR) is 70.6 cm³/mol.